The van der Waals surface area contributed by atoms with E-state index in [0.29, 0.717) is 11.8 Å². The van der Waals surface area contributed by atoms with Gasteiger partial charge in [-0.15, -0.1) is 0 Å². The van der Waals surface area contributed by atoms with Crippen molar-refractivity contribution in [3.8, 4) is 0 Å². The van der Waals surface area contributed by atoms with Crippen molar-refractivity contribution in [1.82, 2.24) is 4.98 Å². The summed E-state index contributed by atoms with van der Waals surface area (Å²) < 4.78 is 0. The number of aromatic nitrogens is 1. The molecule has 2 N–H and O–H groups in total. The highest BCUT2D eigenvalue weighted by Crippen LogP contribution is 2.39. The zero-order valence-corrected chi connectivity index (χ0v) is 12.1. The van der Waals surface area contributed by atoms with Gasteiger partial charge in [-0.2, -0.15) is 0 Å². The van der Waals surface area contributed by atoms with Crippen molar-refractivity contribution in [1.29, 1.82) is 0 Å². The second-order valence-electron chi connectivity index (χ2n) is 6.21. The average molecular weight is 276 g/mol. The first-order valence-corrected chi connectivity index (χ1v) is 7.75. The second kappa shape index (κ2) is 5.70. The van der Waals surface area contributed by atoms with Crippen molar-refractivity contribution in [2.45, 2.75) is 45.3 Å². The highest BCUT2D eigenvalue weighted by Gasteiger charge is 2.42. The minimum absolute atomic E-state index is 0.0650. The fourth-order valence-electron chi connectivity index (χ4n) is 3.69. The second-order valence-corrected chi connectivity index (χ2v) is 6.21. The first-order valence-electron chi connectivity index (χ1n) is 7.75. The predicted octanol–water partition coefficient (Wildman–Crippen LogP) is 1.73. The van der Waals surface area contributed by atoms with Crippen molar-refractivity contribution in [3.05, 3.63) is 23.4 Å². The minimum Gasteiger partial charge on any atom is -0.393 e. The van der Waals surface area contributed by atoms with Crippen molar-refractivity contribution in [2.24, 2.45) is 11.8 Å². The molecule has 2 fully saturated rings. The van der Waals surface area contributed by atoms with E-state index in [1.807, 2.05) is 12.1 Å². The molecule has 20 heavy (non-hydrogen) atoms. The standard InChI is InChI=1S/C16H24N2O2/c1-2-3-13-6-11(10-19)7-16(17-13)18-8-12-4-5-15(20)14(12)9-18/h6-7,12,14-15,19-20H,2-5,8-10H2,1H3. The Morgan fingerprint density at radius 2 is 2.15 bits per heavy atom. The fraction of sp³-hybridized carbons (Fsp3) is 0.688. The van der Waals surface area contributed by atoms with E-state index in [-0.39, 0.29) is 12.7 Å². The van der Waals surface area contributed by atoms with Gasteiger partial charge < -0.3 is 15.1 Å². The topological polar surface area (TPSA) is 56.6 Å². The maximum Gasteiger partial charge on any atom is 0.129 e. The molecule has 0 amide bonds. The lowest BCUT2D eigenvalue weighted by atomic mass is 10.00. The number of pyridine rings is 1. The molecule has 1 aromatic rings. The summed E-state index contributed by atoms with van der Waals surface area (Å²) in [6.45, 7) is 4.10. The Morgan fingerprint density at radius 1 is 1.30 bits per heavy atom. The Morgan fingerprint density at radius 3 is 2.85 bits per heavy atom. The normalized spacial score (nSPS) is 28.9. The van der Waals surface area contributed by atoms with Crippen LogP contribution in [0.1, 0.15) is 37.4 Å². The van der Waals surface area contributed by atoms with Gasteiger partial charge in [-0.1, -0.05) is 13.3 Å². The Hall–Kier alpha value is -1.13. The summed E-state index contributed by atoms with van der Waals surface area (Å²) in [6.07, 6.45) is 3.95. The summed E-state index contributed by atoms with van der Waals surface area (Å²) in [5.74, 6) is 1.99. The number of hydrogen-bond donors (Lipinski definition) is 2. The number of rotatable bonds is 4. The third kappa shape index (κ3) is 2.54. The Kier molecular flexibility index (Phi) is 3.94. The highest BCUT2D eigenvalue weighted by molar-refractivity contribution is 5.44. The van der Waals surface area contributed by atoms with Crippen LogP contribution in [0.15, 0.2) is 12.1 Å². The molecule has 2 aliphatic rings. The molecule has 3 atom stereocenters. The van der Waals surface area contributed by atoms with Gasteiger partial charge in [0.15, 0.2) is 0 Å². The lowest BCUT2D eigenvalue weighted by Gasteiger charge is -2.21. The van der Waals surface area contributed by atoms with Crippen LogP contribution < -0.4 is 4.90 Å². The molecule has 0 radical (unpaired) electrons. The molecule has 0 aromatic carbocycles. The SMILES string of the molecule is CCCc1cc(CO)cc(N2CC3CCC(O)C3C2)n1. The molecule has 0 bridgehead atoms. The van der Waals surface area contributed by atoms with Gasteiger partial charge in [0.25, 0.3) is 0 Å². The molecule has 1 aliphatic heterocycles. The van der Waals surface area contributed by atoms with E-state index >= 15 is 0 Å². The molecule has 110 valence electrons. The average Bonchev–Trinajstić information content (AvgIpc) is 3.01. The number of anilines is 1. The van der Waals surface area contributed by atoms with Crippen molar-refractivity contribution >= 4 is 5.82 Å². The molecular formula is C16H24N2O2. The fourth-order valence-corrected chi connectivity index (χ4v) is 3.69. The largest absolute Gasteiger partial charge is 0.393 e. The van der Waals surface area contributed by atoms with Gasteiger partial charge in [0.05, 0.1) is 12.7 Å². The van der Waals surface area contributed by atoms with Gasteiger partial charge in [0.1, 0.15) is 5.82 Å². The number of aliphatic hydroxyl groups excluding tert-OH is 2. The number of hydrogen-bond acceptors (Lipinski definition) is 4. The van der Waals surface area contributed by atoms with E-state index in [1.54, 1.807) is 0 Å². The van der Waals surface area contributed by atoms with Crippen LogP contribution in [0.25, 0.3) is 0 Å². The van der Waals surface area contributed by atoms with E-state index in [9.17, 15) is 10.2 Å². The van der Waals surface area contributed by atoms with E-state index in [2.05, 4.69) is 11.8 Å². The van der Waals surface area contributed by atoms with Crippen molar-refractivity contribution in [2.75, 3.05) is 18.0 Å². The smallest absolute Gasteiger partial charge is 0.129 e. The number of nitrogens with zero attached hydrogens (tertiary/aromatic N) is 2. The zero-order chi connectivity index (χ0) is 14.1. The van der Waals surface area contributed by atoms with Gasteiger partial charge in [-0.3, -0.25) is 0 Å². The lowest BCUT2D eigenvalue weighted by molar-refractivity contribution is 0.133. The van der Waals surface area contributed by atoms with Gasteiger partial charge in [0.2, 0.25) is 0 Å². The molecule has 3 rings (SSSR count). The minimum atomic E-state index is -0.138. The van der Waals surface area contributed by atoms with Crippen molar-refractivity contribution < 1.29 is 10.2 Å². The van der Waals surface area contributed by atoms with Crippen LogP contribution in [0, 0.1) is 11.8 Å². The Balaban J connectivity index is 1.81. The molecular weight excluding hydrogens is 252 g/mol. The number of aliphatic hydroxyl groups is 2. The Bertz CT molecular complexity index is 478. The summed E-state index contributed by atoms with van der Waals surface area (Å²) in [5, 5.41) is 19.4. The van der Waals surface area contributed by atoms with Gasteiger partial charge in [-0.25, -0.2) is 4.98 Å². The van der Waals surface area contributed by atoms with E-state index in [0.717, 1.165) is 55.8 Å². The van der Waals surface area contributed by atoms with Crippen LogP contribution in [0.3, 0.4) is 0 Å². The monoisotopic (exact) mass is 276 g/mol. The van der Waals surface area contributed by atoms with Crippen LogP contribution >= 0.6 is 0 Å². The number of fused-ring (bicyclic) bond motifs is 1. The molecule has 0 spiro atoms. The lowest BCUT2D eigenvalue weighted by Crippen LogP contribution is -2.25. The quantitative estimate of drug-likeness (QED) is 0.879. The zero-order valence-electron chi connectivity index (χ0n) is 12.1. The van der Waals surface area contributed by atoms with E-state index in [1.165, 1.54) is 0 Å². The maximum absolute atomic E-state index is 10.0. The summed E-state index contributed by atoms with van der Waals surface area (Å²) in [6, 6.07) is 3.99. The molecule has 1 saturated carbocycles. The Labute approximate surface area is 120 Å². The molecule has 4 nitrogen and oxygen atoms in total. The third-order valence-corrected chi connectivity index (χ3v) is 4.76. The van der Waals surface area contributed by atoms with E-state index in [4.69, 9.17) is 4.98 Å². The first kappa shape index (κ1) is 13.8. The first-order chi connectivity index (χ1) is 9.71. The summed E-state index contributed by atoms with van der Waals surface area (Å²) in [5.41, 5.74) is 2.00. The molecule has 1 aromatic heterocycles. The molecule has 1 saturated heterocycles. The third-order valence-electron chi connectivity index (χ3n) is 4.76. The molecule has 1 aliphatic carbocycles. The van der Waals surface area contributed by atoms with Crippen LogP contribution in [0.4, 0.5) is 5.82 Å². The summed E-state index contributed by atoms with van der Waals surface area (Å²) in [7, 11) is 0. The maximum atomic E-state index is 10.0. The summed E-state index contributed by atoms with van der Waals surface area (Å²) >= 11 is 0. The van der Waals surface area contributed by atoms with E-state index < -0.39 is 0 Å². The molecule has 4 heteroatoms. The van der Waals surface area contributed by atoms with Crippen molar-refractivity contribution in [3.63, 3.8) is 0 Å². The predicted molar refractivity (Wildman–Crippen MR) is 78.6 cm³/mol. The van der Waals surface area contributed by atoms with Gasteiger partial charge in [0, 0.05) is 24.7 Å². The van der Waals surface area contributed by atoms with Crippen LogP contribution in [0.2, 0.25) is 0 Å². The highest BCUT2D eigenvalue weighted by atomic mass is 16.3. The molecule has 3 unspecified atom stereocenters. The molecule has 2 heterocycles. The summed E-state index contributed by atoms with van der Waals surface area (Å²) in [4.78, 5) is 7.03. The van der Waals surface area contributed by atoms with Crippen LogP contribution in [0.5, 0.6) is 0 Å². The van der Waals surface area contributed by atoms with Gasteiger partial charge >= 0.3 is 0 Å². The van der Waals surface area contributed by atoms with Crippen LogP contribution in [-0.2, 0) is 13.0 Å². The van der Waals surface area contributed by atoms with Crippen LogP contribution in [-0.4, -0.2) is 34.4 Å². The van der Waals surface area contributed by atoms with Gasteiger partial charge in [-0.05, 0) is 42.9 Å². The number of aryl methyl sites for hydroxylation is 1.